The first-order valence-corrected chi connectivity index (χ1v) is 10.1. The number of carbonyl (C=O) groups is 4. The molecule has 0 aromatic heterocycles. The maximum absolute atomic E-state index is 12.8. The first-order valence-electron chi connectivity index (χ1n) is 9.71. The predicted octanol–water partition coefficient (Wildman–Crippen LogP) is 2.55. The zero-order valence-electron chi connectivity index (χ0n) is 16.9. The average Bonchev–Trinajstić information content (AvgIpc) is 3.19. The molecule has 0 bridgehead atoms. The van der Waals surface area contributed by atoms with Gasteiger partial charge in [-0.2, -0.15) is 0 Å². The molecule has 1 heterocycles. The van der Waals surface area contributed by atoms with E-state index in [1.54, 1.807) is 47.4 Å². The Balaban J connectivity index is 1.65. The minimum Gasteiger partial charge on any atom is -0.468 e. The van der Waals surface area contributed by atoms with Crippen LogP contribution in [0.3, 0.4) is 0 Å². The second kappa shape index (κ2) is 10.1. The topological polar surface area (TPSA) is 105 Å². The fourth-order valence-corrected chi connectivity index (χ4v) is 3.38. The van der Waals surface area contributed by atoms with Crippen molar-refractivity contribution in [3.8, 4) is 0 Å². The minimum atomic E-state index is -0.524. The number of amides is 3. The highest BCUT2D eigenvalue weighted by atomic mass is 35.5. The lowest BCUT2D eigenvalue weighted by atomic mass is 10.1. The van der Waals surface area contributed by atoms with E-state index in [2.05, 4.69) is 15.4 Å². The number of ether oxygens (including phenoxy) is 1. The maximum Gasteiger partial charge on any atom is 0.325 e. The SMILES string of the molecule is COC(=O)CNC(=O)Cc1ccc(NC(=O)c2ccc(Cl)cc2N2CCCC2=O)cc1. The number of hydrogen-bond acceptors (Lipinski definition) is 5. The Hall–Kier alpha value is -3.39. The van der Waals surface area contributed by atoms with E-state index in [-0.39, 0.29) is 30.7 Å². The number of benzene rings is 2. The number of nitrogens with zero attached hydrogens (tertiary/aromatic N) is 1. The lowest BCUT2D eigenvalue weighted by molar-refractivity contribution is -0.141. The summed E-state index contributed by atoms with van der Waals surface area (Å²) in [4.78, 5) is 49.5. The summed E-state index contributed by atoms with van der Waals surface area (Å²) < 4.78 is 4.47. The van der Waals surface area contributed by atoms with E-state index >= 15 is 0 Å². The number of rotatable bonds is 7. The number of hydrogen-bond donors (Lipinski definition) is 2. The van der Waals surface area contributed by atoms with Gasteiger partial charge in [-0.15, -0.1) is 0 Å². The molecule has 2 N–H and O–H groups in total. The van der Waals surface area contributed by atoms with Gasteiger partial charge >= 0.3 is 5.97 Å². The lowest BCUT2D eigenvalue weighted by Gasteiger charge is -2.20. The van der Waals surface area contributed by atoms with Gasteiger partial charge in [0.25, 0.3) is 5.91 Å². The molecule has 31 heavy (non-hydrogen) atoms. The van der Waals surface area contributed by atoms with Crippen LogP contribution in [0, 0.1) is 0 Å². The molecule has 3 rings (SSSR count). The Morgan fingerprint density at radius 2 is 1.87 bits per heavy atom. The van der Waals surface area contributed by atoms with Gasteiger partial charge < -0.3 is 20.3 Å². The van der Waals surface area contributed by atoms with Crippen LogP contribution >= 0.6 is 11.6 Å². The quantitative estimate of drug-likeness (QED) is 0.640. The minimum absolute atomic E-state index is 0.0360. The summed E-state index contributed by atoms with van der Waals surface area (Å²) >= 11 is 6.09. The first kappa shape index (κ1) is 22.3. The number of nitrogens with one attached hydrogen (secondary N) is 2. The fraction of sp³-hybridized carbons (Fsp3) is 0.273. The standard InChI is InChI=1S/C22H22ClN3O5/c1-31-21(29)13-24-19(27)11-14-4-7-16(8-5-14)25-22(30)17-9-6-15(23)12-18(17)26-10-2-3-20(26)28/h4-9,12H,2-3,10-11,13H2,1H3,(H,24,27)(H,25,30). The van der Waals surface area contributed by atoms with Gasteiger partial charge in [0.2, 0.25) is 11.8 Å². The van der Waals surface area contributed by atoms with Crippen LogP contribution in [0.4, 0.5) is 11.4 Å². The molecule has 162 valence electrons. The highest BCUT2D eigenvalue weighted by Gasteiger charge is 2.26. The summed E-state index contributed by atoms with van der Waals surface area (Å²) in [6.45, 7) is 0.360. The smallest absolute Gasteiger partial charge is 0.325 e. The van der Waals surface area contributed by atoms with Crippen molar-refractivity contribution in [2.75, 3.05) is 30.4 Å². The van der Waals surface area contributed by atoms with Crippen LogP contribution in [0.5, 0.6) is 0 Å². The number of carbonyl (C=O) groups excluding carboxylic acids is 4. The summed E-state index contributed by atoms with van der Waals surface area (Å²) in [7, 11) is 1.25. The molecule has 0 unspecified atom stereocenters. The molecule has 9 heteroatoms. The van der Waals surface area contributed by atoms with E-state index in [9.17, 15) is 19.2 Å². The van der Waals surface area contributed by atoms with E-state index in [1.807, 2.05) is 0 Å². The monoisotopic (exact) mass is 443 g/mol. The van der Waals surface area contributed by atoms with Crippen molar-refractivity contribution < 1.29 is 23.9 Å². The second-order valence-electron chi connectivity index (χ2n) is 6.99. The van der Waals surface area contributed by atoms with Crippen LogP contribution in [0.2, 0.25) is 5.02 Å². The van der Waals surface area contributed by atoms with Gasteiger partial charge in [-0.05, 0) is 42.3 Å². The van der Waals surface area contributed by atoms with Gasteiger partial charge in [0.15, 0.2) is 0 Å². The van der Waals surface area contributed by atoms with Crippen LogP contribution in [-0.4, -0.2) is 43.9 Å². The van der Waals surface area contributed by atoms with Crippen molar-refractivity contribution >= 4 is 46.7 Å². The molecule has 8 nitrogen and oxygen atoms in total. The van der Waals surface area contributed by atoms with E-state index in [0.717, 1.165) is 12.0 Å². The predicted molar refractivity (Wildman–Crippen MR) is 116 cm³/mol. The summed E-state index contributed by atoms with van der Waals surface area (Å²) in [5.74, 6) is -1.24. The Bertz CT molecular complexity index is 1010. The van der Waals surface area contributed by atoms with Crippen molar-refractivity contribution in [2.24, 2.45) is 0 Å². The van der Waals surface area contributed by atoms with Gasteiger partial charge in [-0.3, -0.25) is 19.2 Å². The molecule has 1 aliphatic heterocycles. The molecule has 0 atom stereocenters. The highest BCUT2D eigenvalue weighted by Crippen LogP contribution is 2.29. The van der Waals surface area contributed by atoms with Crippen LogP contribution < -0.4 is 15.5 Å². The van der Waals surface area contributed by atoms with Crippen LogP contribution in [-0.2, 0) is 25.5 Å². The summed E-state index contributed by atoms with van der Waals surface area (Å²) in [5, 5.41) is 5.71. The normalized spacial score (nSPS) is 13.1. The van der Waals surface area contributed by atoms with Crippen molar-refractivity contribution in [3.63, 3.8) is 0 Å². The maximum atomic E-state index is 12.8. The molecule has 0 aliphatic carbocycles. The van der Waals surface area contributed by atoms with Gasteiger partial charge in [0.05, 0.1) is 24.8 Å². The summed E-state index contributed by atoms with van der Waals surface area (Å²) in [5.41, 5.74) is 2.10. The average molecular weight is 444 g/mol. The third kappa shape index (κ3) is 5.82. The lowest BCUT2D eigenvalue weighted by Crippen LogP contribution is -2.31. The zero-order valence-corrected chi connectivity index (χ0v) is 17.7. The third-order valence-corrected chi connectivity index (χ3v) is 5.04. The van der Waals surface area contributed by atoms with Crippen LogP contribution in [0.15, 0.2) is 42.5 Å². The van der Waals surface area contributed by atoms with Crippen LogP contribution in [0.25, 0.3) is 0 Å². The van der Waals surface area contributed by atoms with Gasteiger partial charge in [0.1, 0.15) is 6.54 Å². The molecule has 2 aromatic carbocycles. The Morgan fingerprint density at radius 3 is 2.52 bits per heavy atom. The Morgan fingerprint density at radius 1 is 1.13 bits per heavy atom. The largest absolute Gasteiger partial charge is 0.468 e. The van der Waals surface area contributed by atoms with E-state index in [1.165, 1.54) is 7.11 Å². The van der Waals surface area contributed by atoms with Gasteiger partial charge in [0, 0.05) is 23.7 Å². The number of halogens is 1. The third-order valence-electron chi connectivity index (χ3n) is 4.80. The Labute approximate surface area is 184 Å². The molecule has 2 aromatic rings. The molecule has 0 spiro atoms. The van der Waals surface area contributed by atoms with Crippen molar-refractivity contribution in [1.82, 2.24) is 5.32 Å². The molecular formula is C22H22ClN3O5. The molecule has 0 radical (unpaired) electrons. The van der Waals surface area contributed by atoms with Crippen LogP contribution in [0.1, 0.15) is 28.8 Å². The highest BCUT2D eigenvalue weighted by molar-refractivity contribution is 6.31. The molecular weight excluding hydrogens is 422 g/mol. The van der Waals surface area contributed by atoms with Gasteiger partial charge in [-0.25, -0.2) is 0 Å². The first-order chi connectivity index (χ1) is 14.9. The Kier molecular flexibility index (Phi) is 7.25. The molecule has 1 fully saturated rings. The fourth-order valence-electron chi connectivity index (χ4n) is 3.22. The van der Waals surface area contributed by atoms with Crippen molar-refractivity contribution in [3.05, 3.63) is 58.6 Å². The van der Waals surface area contributed by atoms with E-state index in [4.69, 9.17) is 11.6 Å². The summed E-state index contributed by atoms with van der Waals surface area (Å²) in [6, 6.07) is 11.6. The van der Waals surface area contributed by atoms with Crippen molar-refractivity contribution in [2.45, 2.75) is 19.3 Å². The second-order valence-corrected chi connectivity index (χ2v) is 7.43. The summed E-state index contributed by atoms with van der Waals surface area (Å²) in [6.07, 6.45) is 1.27. The zero-order chi connectivity index (χ0) is 22.4. The molecule has 3 amide bonds. The number of methoxy groups -OCH3 is 1. The molecule has 1 saturated heterocycles. The number of esters is 1. The van der Waals surface area contributed by atoms with E-state index in [0.29, 0.717) is 34.9 Å². The molecule has 0 saturated carbocycles. The van der Waals surface area contributed by atoms with Gasteiger partial charge in [-0.1, -0.05) is 23.7 Å². The number of anilines is 2. The van der Waals surface area contributed by atoms with E-state index < -0.39 is 5.97 Å². The molecule has 1 aliphatic rings. The van der Waals surface area contributed by atoms with Crippen molar-refractivity contribution in [1.29, 1.82) is 0 Å².